The van der Waals surface area contributed by atoms with Crippen molar-refractivity contribution in [2.75, 3.05) is 5.32 Å². The van der Waals surface area contributed by atoms with E-state index in [1.54, 1.807) is 34.7 Å². The van der Waals surface area contributed by atoms with E-state index in [0.29, 0.717) is 27.9 Å². The van der Waals surface area contributed by atoms with Gasteiger partial charge in [-0.15, -0.1) is 0 Å². The van der Waals surface area contributed by atoms with Crippen molar-refractivity contribution in [1.82, 2.24) is 24.7 Å². The fourth-order valence-corrected chi connectivity index (χ4v) is 3.42. The van der Waals surface area contributed by atoms with E-state index >= 15 is 0 Å². The molecule has 0 aliphatic carbocycles. The highest BCUT2D eigenvalue weighted by Gasteiger charge is 2.22. The summed E-state index contributed by atoms with van der Waals surface area (Å²) in [5, 5.41) is 16.4. The van der Waals surface area contributed by atoms with Gasteiger partial charge in [-0.3, -0.25) is 14.2 Å². The molecular weight excluding hydrogens is 451 g/mol. The predicted octanol–water partition coefficient (Wildman–Crippen LogP) is 4.69. The number of rotatable bonds is 6. The molecule has 0 bridgehead atoms. The molecule has 154 valence electrons. The Hall–Kier alpha value is -2.81. The second-order valence-corrected chi connectivity index (χ2v) is 7.74. The monoisotopic (exact) mass is 464 g/mol. The van der Waals surface area contributed by atoms with Crippen molar-refractivity contribution in [2.45, 2.75) is 20.0 Å². The number of aryl methyl sites for hydroxylation is 1. The number of anilines is 1. The normalized spacial score (nSPS) is 11.1. The third kappa shape index (κ3) is 4.35. The van der Waals surface area contributed by atoms with Crippen molar-refractivity contribution in [3.05, 3.63) is 80.5 Å². The number of nitrogens with one attached hydrogen (secondary N) is 1. The van der Waals surface area contributed by atoms with Crippen LogP contribution in [0.1, 0.15) is 27.4 Å². The van der Waals surface area contributed by atoms with E-state index in [2.05, 4.69) is 20.7 Å². The van der Waals surface area contributed by atoms with Gasteiger partial charge in [0.1, 0.15) is 10.8 Å². The van der Waals surface area contributed by atoms with Crippen molar-refractivity contribution < 1.29 is 9.32 Å². The Balaban J connectivity index is 1.52. The van der Waals surface area contributed by atoms with Gasteiger partial charge in [-0.25, -0.2) is 0 Å². The molecule has 0 aliphatic rings. The van der Waals surface area contributed by atoms with E-state index < -0.39 is 5.91 Å². The Bertz CT molecular complexity index is 1210. The highest BCUT2D eigenvalue weighted by Crippen LogP contribution is 2.24. The molecule has 11 heteroatoms. The zero-order chi connectivity index (χ0) is 21.3. The minimum atomic E-state index is -0.495. The molecular formula is C19H15Cl3N6O2. The number of benzene rings is 1. The van der Waals surface area contributed by atoms with Crippen LogP contribution in [0.5, 0.6) is 0 Å². The minimum Gasteiger partial charge on any atom is -0.361 e. The molecule has 0 radical (unpaired) electrons. The smallest absolute Gasteiger partial charge is 0.279 e. The third-order valence-electron chi connectivity index (χ3n) is 4.36. The maximum atomic E-state index is 12.8. The van der Waals surface area contributed by atoms with Gasteiger partial charge in [0.25, 0.3) is 5.91 Å². The summed E-state index contributed by atoms with van der Waals surface area (Å²) >= 11 is 18.4. The average Bonchev–Trinajstić information content (AvgIpc) is 3.38. The van der Waals surface area contributed by atoms with Gasteiger partial charge in [0.05, 0.1) is 24.3 Å². The van der Waals surface area contributed by atoms with Crippen LogP contribution in [0.25, 0.3) is 0 Å². The Morgan fingerprint density at radius 1 is 1.10 bits per heavy atom. The van der Waals surface area contributed by atoms with Crippen LogP contribution in [0.15, 0.2) is 47.4 Å². The summed E-state index contributed by atoms with van der Waals surface area (Å²) in [6.07, 6.45) is 4.76. The lowest BCUT2D eigenvalue weighted by molar-refractivity contribution is 0.101. The van der Waals surface area contributed by atoms with Gasteiger partial charge in [-0.1, -0.05) is 58.2 Å². The first-order valence-corrected chi connectivity index (χ1v) is 9.95. The zero-order valence-corrected chi connectivity index (χ0v) is 17.9. The average molecular weight is 466 g/mol. The number of aromatic nitrogens is 5. The van der Waals surface area contributed by atoms with E-state index in [4.69, 9.17) is 39.3 Å². The van der Waals surface area contributed by atoms with Crippen LogP contribution in [0.4, 0.5) is 5.82 Å². The van der Waals surface area contributed by atoms with Crippen molar-refractivity contribution >= 4 is 46.5 Å². The van der Waals surface area contributed by atoms with Gasteiger partial charge in [-0.2, -0.15) is 10.2 Å². The molecule has 1 N–H and O–H groups in total. The topological polar surface area (TPSA) is 90.8 Å². The molecule has 0 saturated carbocycles. The molecule has 0 aliphatic heterocycles. The van der Waals surface area contributed by atoms with Crippen LogP contribution in [0.2, 0.25) is 15.1 Å². The first kappa shape index (κ1) is 20.5. The number of carbonyl (C=O) groups is 1. The van der Waals surface area contributed by atoms with Crippen molar-refractivity contribution in [3.63, 3.8) is 0 Å². The molecule has 0 unspecified atom stereocenters. The van der Waals surface area contributed by atoms with E-state index in [1.807, 2.05) is 18.2 Å². The SMILES string of the molecule is Cc1onc(C(=O)Nc2nn(Cc3ccccc3Cl)cc2Cl)c1Cn1cc(Cl)cn1. The summed E-state index contributed by atoms with van der Waals surface area (Å²) in [5.41, 5.74) is 1.58. The second-order valence-electron chi connectivity index (χ2n) is 6.49. The third-order valence-corrected chi connectivity index (χ3v) is 5.20. The van der Waals surface area contributed by atoms with Gasteiger partial charge in [0.15, 0.2) is 11.5 Å². The summed E-state index contributed by atoms with van der Waals surface area (Å²) in [6, 6.07) is 7.42. The molecule has 4 rings (SSSR count). The largest absolute Gasteiger partial charge is 0.361 e. The molecule has 0 fully saturated rings. The van der Waals surface area contributed by atoms with E-state index in [0.717, 1.165) is 5.56 Å². The number of hydrogen-bond acceptors (Lipinski definition) is 5. The standard InChI is InChI=1S/C19H15Cl3N6O2/c1-11-14(9-27-8-13(20)6-23-27)17(26-30-11)19(29)24-18-16(22)10-28(25-18)7-12-4-2-3-5-15(12)21/h2-6,8,10H,7,9H2,1H3,(H,24,25,29). The van der Waals surface area contributed by atoms with Gasteiger partial charge >= 0.3 is 0 Å². The maximum absolute atomic E-state index is 12.8. The second kappa shape index (κ2) is 8.51. The lowest BCUT2D eigenvalue weighted by Gasteiger charge is -2.05. The van der Waals surface area contributed by atoms with Gasteiger partial charge in [-0.05, 0) is 18.6 Å². The number of hydrogen-bond donors (Lipinski definition) is 1. The fourth-order valence-electron chi connectivity index (χ4n) is 2.87. The molecule has 0 spiro atoms. The Morgan fingerprint density at radius 2 is 1.90 bits per heavy atom. The van der Waals surface area contributed by atoms with Crippen LogP contribution in [-0.2, 0) is 13.1 Å². The first-order chi connectivity index (χ1) is 14.4. The molecule has 0 saturated heterocycles. The summed E-state index contributed by atoms with van der Waals surface area (Å²) in [5.74, 6) is 0.217. The van der Waals surface area contributed by atoms with E-state index in [9.17, 15) is 4.79 Å². The van der Waals surface area contributed by atoms with Gasteiger partial charge in [0.2, 0.25) is 0 Å². The zero-order valence-electron chi connectivity index (χ0n) is 15.6. The molecule has 30 heavy (non-hydrogen) atoms. The summed E-state index contributed by atoms with van der Waals surface area (Å²) < 4.78 is 8.39. The first-order valence-electron chi connectivity index (χ1n) is 8.81. The number of carbonyl (C=O) groups excluding carboxylic acids is 1. The fraction of sp³-hybridized carbons (Fsp3) is 0.158. The Kier molecular flexibility index (Phi) is 5.80. The number of amides is 1. The lowest BCUT2D eigenvalue weighted by Crippen LogP contribution is -2.16. The van der Waals surface area contributed by atoms with Gasteiger partial charge in [0, 0.05) is 23.0 Å². The van der Waals surface area contributed by atoms with E-state index in [-0.39, 0.29) is 23.1 Å². The van der Waals surface area contributed by atoms with Crippen LogP contribution in [0.3, 0.4) is 0 Å². The summed E-state index contributed by atoms with van der Waals surface area (Å²) in [6.45, 7) is 2.40. The number of nitrogens with zero attached hydrogens (tertiary/aromatic N) is 5. The molecule has 8 nitrogen and oxygen atoms in total. The van der Waals surface area contributed by atoms with Crippen LogP contribution in [0, 0.1) is 6.92 Å². The quantitative estimate of drug-likeness (QED) is 0.446. The van der Waals surface area contributed by atoms with Crippen molar-refractivity contribution in [1.29, 1.82) is 0 Å². The Labute approximate surface area is 186 Å². The van der Waals surface area contributed by atoms with Gasteiger partial charge < -0.3 is 9.84 Å². The molecule has 1 amide bonds. The lowest BCUT2D eigenvalue weighted by atomic mass is 10.2. The van der Waals surface area contributed by atoms with Crippen LogP contribution < -0.4 is 5.32 Å². The van der Waals surface area contributed by atoms with Crippen molar-refractivity contribution in [3.8, 4) is 0 Å². The minimum absolute atomic E-state index is 0.121. The molecule has 0 atom stereocenters. The molecule has 3 aromatic heterocycles. The highest BCUT2D eigenvalue weighted by molar-refractivity contribution is 6.33. The summed E-state index contributed by atoms with van der Waals surface area (Å²) in [7, 11) is 0. The summed E-state index contributed by atoms with van der Waals surface area (Å²) in [4.78, 5) is 12.8. The highest BCUT2D eigenvalue weighted by atomic mass is 35.5. The molecule has 4 aromatic rings. The van der Waals surface area contributed by atoms with E-state index in [1.165, 1.54) is 6.20 Å². The predicted molar refractivity (Wildman–Crippen MR) is 113 cm³/mol. The molecule has 3 heterocycles. The van der Waals surface area contributed by atoms with Crippen LogP contribution in [-0.4, -0.2) is 30.6 Å². The molecule has 1 aromatic carbocycles. The Morgan fingerprint density at radius 3 is 2.63 bits per heavy atom. The van der Waals surface area contributed by atoms with Crippen molar-refractivity contribution in [2.24, 2.45) is 0 Å². The number of halogens is 3. The maximum Gasteiger partial charge on any atom is 0.279 e. The van der Waals surface area contributed by atoms with Crippen LogP contribution >= 0.6 is 34.8 Å².